The van der Waals surface area contributed by atoms with E-state index in [4.69, 9.17) is 0 Å². The Bertz CT molecular complexity index is 179. The number of hydrogen-bond acceptors (Lipinski definition) is 3. The maximum atomic E-state index is 3.59. The summed E-state index contributed by atoms with van der Waals surface area (Å²) in [6.45, 7) is 5.10. The van der Waals surface area contributed by atoms with E-state index in [9.17, 15) is 0 Å². The molecule has 3 nitrogen and oxygen atoms in total. The zero-order chi connectivity index (χ0) is 10.7. The molecule has 3 heteroatoms. The summed E-state index contributed by atoms with van der Waals surface area (Å²) in [4.78, 5) is 5.02. The van der Waals surface area contributed by atoms with E-state index in [2.05, 4.69) is 29.2 Å². The molecule has 0 aromatic heterocycles. The summed E-state index contributed by atoms with van der Waals surface area (Å²) >= 11 is 0. The summed E-state index contributed by atoms with van der Waals surface area (Å²) in [6.07, 6.45) is 5.45. The SMILES string of the molecule is CN(C)C1CCN(C[C@H]2CCCN2)CC1. The summed E-state index contributed by atoms with van der Waals surface area (Å²) in [5.74, 6) is 0. The molecule has 0 radical (unpaired) electrons. The predicted octanol–water partition coefficient (Wildman–Crippen LogP) is 0.764. The van der Waals surface area contributed by atoms with E-state index < -0.39 is 0 Å². The highest BCUT2D eigenvalue weighted by molar-refractivity contribution is 4.82. The molecule has 1 atom stereocenters. The lowest BCUT2D eigenvalue weighted by atomic mass is 10.0. The van der Waals surface area contributed by atoms with E-state index in [1.54, 1.807) is 0 Å². The first kappa shape index (κ1) is 11.4. The highest BCUT2D eigenvalue weighted by atomic mass is 15.2. The number of piperidine rings is 1. The van der Waals surface area contributed by atoms with Crippen molar-refractivity contribution in [3.05, 3.63) is 0 Å². The first-order valence-electron chi connectivity index (χ1n) is 6.38. The van der Waals surface area contributed by atoms with E-state index in [-0.39, 0.29) is 0 Å². The molecule has 1 N–H and O–H groups in total. The van der Waals surface area contributed by atoms with E-state index >= 15 is 0 Å². The summed E-state index contributed by atoms with van der Waals surface area (Å²) < 4.78 is 0. The van der Waals surface area contributed by atoms with Crippen molar-refractivity contribution >= 4 is 0 Å². The maximum absolute atomic E-state index is 3.59. The topological polar surface area (TPSA) is 18.5 Å². The van der Waals surface area contributed by atoms with Gasteiger partial charge in [0.2, 0.25) is 0 Å². The summed E-state index contributed by atoms with van der Waals surface area (Å²) in [7, 11) is 4.41. The molecule has 2 rings (SSSR count). The molecule has 0 aromatic rings. The summed E-state index contributed by atoms with van der Waals surface area (Å²) in [5, 5.41) is 3.59. The Kier molecular flexibility index (Phi) is 4.00. The normalized spacial score (nSPS) is 30.2. The molecule has 0 aromatic carbocycles. The fourth-order valence-corrected chi connectivity index (χ4v) is 2.84. The Hall–Kier alpha value is -0.120. The lowest BCUT2D eigenvalue weighted by Gasteiger charge is -2.36. The molecule has 0 amide bonds. The minimum Gasteiger partial charge on any atom is -0.313 e. The van der Waals surface area contributed by atoms with Crippen LogP contribution >= 0.6 is 0 Å². The Balaban J connectivity index is 1.68. The molecule has 2 heterocycles. The molecular weight excluding hydrogens is 186 g/mol. The molecule has 2 aliphatic rings. The van der Waals surface area contributed by atoms with Crippen LogP contribution in [0.25, 0.3) is 0 Å². The second-order valence-electron chi connectivity index (χ2n) is 5.29. The van der Waals surface area contributed by atoms with Crippen molar-refractivity contribution < 1.29 is 0 Å². The van der Waals surface area contributed by atoms with Gasteiger partial charge in [0.25, 0.3) is 0 Å². The van der Waals surface area contributed by atoms with Crippen LogP contribution in [0.5, 0.6) is 0 Å². The average Bonchev–Trinajstić information content (AvgIpc) is 2.71. The van der Waals surface area contributed by atoms with Gasteiger partial charge in [0.05, 0.1) is 0 Å². The zero-order valence-corrected chi connectivity index (χ0v) is 10.2. The molecule has 0 aliphatic carbocycles. The Morgan fingerprint density at radius 2 is 1.93 bits per heavy atom. The van der Waals surface area contributed by atoms with Crippen LogP contribution in [0.15, 0.2) is 0 Å². The molecule has 88 valence electrons. The van der Waals surface area contributed by atoms with Crippen LogP contribution in [0.4, 0.5) is 0 Å². The molecule has 2 fully saturated rings. The molecule has 2 saturated heterocycles. The van der Waals surface area contributed by atoms with Gasteiger partial charge in [0.1, 0.15) is 0 Å². The quantitative estimate of drug-likeness (QED) is 0.744. The summed E-state index contributed by atoms with van der Waals surface area (Å²) in [5.41, 5.74) is 0. The van der Waals surface area contributed by atoms with Crippen molar-refractivity contribution in [2.75, 3.05) is 40.3 Å². The molecule has 2 aliphatic heterocycles. The highest BCUT2D eigenvalue weighted by Crippen LogP contribution is 2.16. The number of rotatable bonds is 3. The Labute approximate surface area is 93.8 Å². The fraction of sp³-hybridized carbons (Fsp3) is 1.00. The van der Waals surface area contributed by atoms with E-state index in [1.807, 2.05) is 0 Å². The average molecular weight is 211 g/mol. The van der Waals surface area contributed by atoms with Crippen molar-refractivity contribution in [3.8, 4) is 0 Å². The number of likely N-dealkylation sites (tertiary alicyclic amines) is 1. The molecule has 0 saturated carbocycles. The van der Waals surface area contributed by atoms with E-state index in [0.29, 0.717) is 0 Å². The fourth-order valence-electron chi connectivity index (χ4n) is 2.84. The van der Waals surface area contributed by atoms with Gasteiger partial charge < -0.3 is 15.1 Å². The third-order valence-electron chi connectivity index (χ3n) is 3.93. The minimum absolute atomic E-state index is 0.779. The lowest BCUT2D eigenvalue weighted by Crippen LogP contribution is -2.46. The van der Waals surface area contributed by atoms with Gasteiger partial charge in [-0.15, -0.1) is 0 Å². The number of nitrogens with one attached hydrogen (secondary N) is 1. The zero-order valence-electron chi connectivity index (χ0n) is 10.2. The molecule has 0 bridgehead atoms. The standard InChI is InChI=1S/C12H25N3/c1-14(2)12-5-8-15(9-6-12)10-11-4-3-7-13-11/h11-13H,3-10H2,1-2H3/t11-/m1/s1. The Morgan fingerprint density at radius 1 is 1.20 bits per heavy atom. The van der Waals surface area contributed by atoms with Gasteiger partial charge >= 0.3 is 0 Å². The first-order valence-corrected chi connectivity index (χ1v) is 6.38. The van der Waals surface area contributed by atoms with Crippen molar-refractivity contribution in [1.82, 2.24) is 15.1 Å². The van der Waals surface area contributed by atoms with E-state index in [0.717, 1.165) is 12.1 Å². The highest BCUT2D eigenvalue weighted by Gasteiger charge is 2.23. The lowest BCUT2D eigenvalue weighted by molar-refractivity contribution is 0.137. The third-order valence-corrected chi connectivity index (χ3v) is 3.93. The van der Waals surface area contributed by atoms with Gasteiger partial charge in [-0.25, -0.2) is 0 Å². The third kappa shape index (κ3) is 3.16. The van der Waals surface area contributed by atoms with Crippen molar-refractivity contribution in [2.45, 2.75) is 37.8 Å². The first-order chi connectivity index (χ1) is 7.25. The van der Waals surface area contributed by atoms with E-state index in [1.165, 1.54) is 51.9 Å². The van der Waals surface area contributed by atoms with Gasteiger partial charge in [-0.1, -0.05) is 0 Å². The van der Waals surface area contributed by atoms with Gasteiger partial charge in [-0.05, 0) is 59.4 Å². The second-order valence-corrected chi connectivity index (χ2v) is 5.29. The van der Waals surface area contributed by atoms with Crippen LogP contribution in [0, 0.1) is 0 Å². The Morgan fingerprint density at radius 3 is 2.47 bits per heavy atom. The van der Waals surface area contributed by atoms with Gasteiger partial charge in [0, 0.05) is 18.6 Å². The van der Waals surface area contributed by atoms with Crippen molar-refractivity contribution in [1.29, 1.82) is 0 Å². The maximum Gasteiger partial charge on any atom is 0.0195 e. The predicted molar refractivity (Wildman–Crippen MR) is 64.2 cm³/mol. The minimum atomic E-state index is 0.779. The largest absolute Gasteiger partial charge is 0.313 e. The van der Waals surface area contributed by atoms with Crippen molar-refractivity contribution in [2.24, 2.45) is 0 Å². The van der Waals surface area contributed by atoms with Crippen LogP contribution in [0.2, 0.25) is 0 Å². The van der Waals surface area contributed by atoms with Gasteiger partial charge in [0.15, 0.2) is 0 Å². The summed E-state index contributed by atoms with van der Waals surface area (Å²) in [6, 6.07) is 1.60. The second kappa shape index (κ2) is 5.28. The van der Waals surface area contributed by atoms with Crippen LogP contribution in [-0.4, -0.2) is 62.2 Å². The molecule has 15 heavy (non-hydrogen) atoms. The van der Waals surface area contributed by atoms with Crippen molar-refractivity contribution in [3.63, 3.8) is 0 Å². The van der Waals surface area contributed by atoms with Crippen LogP contribution < -0.4 is 5.32 Å². The van der Waals surface area contributed by atoms with Gasteiger partial charge in [-0.3, -0.25) is 0 Å². The molecule has 0 spiro atoms. The van der Waals surface area contributed by atoms with Crippen LogP contribution in [0.1, 0.15) is 25.7 Å². The van der Waals surface area contributed by atoms with Crippen LogP contribution in [-0.2, 0) is 0 Å². The monoisotopic (exact) mass is 211 g/mol. The van der Waals surface area contributed by atoms with Crippen LogP contribution in [0.3, 0.4) is 0 Å². The number of hydrogen-bond donors (Lipinski definition) is 1. The number of nitrogens with zero attached hydrogens (tertiary/aromatic N) is 2. The van der Waals surface area contributed by atoms with Gasteiger partial charge in [-0.2, -0.15) is 0 Å². The molecule has 0 unspecified atom stereocenters. The smallest absolute Gasteiger partial charge is 0.0195 e. The molecular formula is C12H25N3.